The average molecular weight is 371 g/mol. The third-order valence-electron chi connectivity index (χ3n) is 5.48. The summed E-state index contributed by atoms with van der Waals surface area (Å²) >= 11 is 0. The van der Waals surface area contributed by atoms with Crippen molar-refractivity contribution in [3.05, 3.63) is 34.4 Å². The fourth-order valence-electron chi connectivity index (χ4n) is 3.86. The van der Waals surface area contributed by atoms with Crippen LogP contribution in [0.1, 0.15) is 48.1 Å². The molecular formula is C20H30N6O. The second-order valence-corrected chi connectivity index (χ2v) is 7.79. The third kappa shape index (κ3) is 4.18. The molecule has 0 saturated carbocycles. The summed E-state index contributed by atoms with van der Waals surface area (Å²) in [5, 5.41) is 4.60. The van der Waals surface area contributed by atoms with Gasteiger partial charge in [-0.05, 0) is 59.4 Å². The molecule has 2 unspecified atom stereocenters. The second kappa shape index (κ2) is 7.76. The molecule has 146 valence electrons. The van der Waals surface area contributed by atoms with Gasteiger partial charge in [0, 0.05) is 41.8 Å². The van der Waals surface area contributed by atoms with E-state index in [0.717, 1.165) is 54.3 Å². The largest absolute Gasteiger partial charge is 0.342 e. The van der Waals surface area contributed by atoms with E-state index in [1.54, 1.807) is 4.68 Å². The minimum absolute atomic E-state index is 0.119. The van der Waals surface area contributed by atoms with Gasteiger partial charge in [-0.3, -0.25) is 4.79 Å². The number of piperidine rings is 1. The monoisotopic (exact) mass is 370 g/mol. The molecule has 1 aliphatic heterocycles. The molecule has 2 aromatic heterocycles. The summed E-state index contributed by atoms with van der Waals surface area (Å²) in [6.07, 6.45) is 2.47. The van der Waals surface area contributed by atoms with Crippen molar-refractivity contribution in [2.45, 2.75) is 59.9 Å². The number of carbonyl (C=O) groups excluding carboxylic acids is 1. The minimum atomic E-state index is 0.119. The van der Waals surface area contributed by atoms with Gasteiger partial charge in [0.05, 0.1) is 12.1 Å². The van der Waals surface area contributed by atoms with Crippen LogP contribution >= 0.6 is 0 Å². The summed E-state index contributed by atoms with van der Waals surface area (Å²) < 4.78 is 1.75. The molecule has 2 N–H and O–H groups in total. The van der Waals surface area contributed by atoms with Crippen molar-refractivity contribution in [1.82, 2.24) is 24.6 Å². The number of likely N-dealkylation sites (tertiary alicyclic amines) is 1. The first-order valence-corrected chi connectivity index (χ1v) is 9.67. The lowest BCUT2D eigenvalue weighted by Crippen LogP contribution is -2.45. The third-order valence-corrected chi connectivity index (χ3v) is 5.48. The molecule has 2 aromatic rings. The maximum Gasteiger partial charge on any atom is 0.251 e. The standard InChI is InChI=1S/C20H30N6O/c1-12-9-13(2)23-20(22-12)26-16(5)18(15(4)24-26)10-19(27)25-8-6-7-17(11-25)14(3)21/h9,14,17H,6-8,10-11,21H2,1-5H3. The van der Waals surface area contributed by atoms with E-state index in [1.165, 1.54) is 0 Å². The molecule has 2 atom stereocenters. The van der Waals surface area contributed by atoms with Crippen LogP contribution in [0, 0.1) is 33.6 Å². The van der Waals surface area contributed by atoms with Crippen molar-refractivity contribution in [2.24, 2.45) is 11.7 Å². The number of carbonyl (C=O) groups is 1. The summed E-state index contributed by atoms with van der Waals surface area (Å²) in [6, 6.07) is 2.05. The highest BCUT2D eigenvalue weighted by molar-refractivity contribution is 5.79. The van der Waals surface area contributed by atoms with Gasteiger partial charge in [-0.15, -0.1) is 0 Å². The number of rotatable bonds is 4. The minimum Gasteiger partial charge on any atom is -0.342 e. The summed E-state index contributed by atoms with van der Waals surface area (Å²) in [5.41, 5.74) is 10.6. The lowest BCUT2D eigenvalue weighted by molar-refractivity contribution is -0.132. The molecule has 1 amide bonds. The molecule has 3 heterocycles. The van der Waals surface area contributed by atoms with E-state index >= 15 is 0 Å². The molecule has 7 heteroatoms. The zero-order valence-electron chi connectivity index (χ0n) is 17.0. The highest BCUT2D eigenvalue weighted by Crippen LogP contribution is 2.22. The van der Waals surface area contributed by atoms with E-state index < -0.39 is 0 Å². The van der Waals surface area contributed by atoms with Crippen LogP contribution in [-0.2, 0) is 11.2 Å². The van der Waals surface area contributed by atoms with Crippen LogP contribution in [0.15, 0.2) is 6.07 Å². The Hall–Kier alpha value is -2.28. The highest BCUT2D eigenvalue weighted by Gasteiger charge is 2.27. The molecule has 0 aromatic carbocycles. The maximum atomic E-state index is 12.9. The van der Waals surface area contributed by atoms with Crippen molar-refractivity contribution < 1.29 is 4.79 Å². The molecule has 27 heavy (non-hydrogen) atoms. The van der Waals surface area contributed by atoms with Gasteiger partial charge >= 0.3 is 0 Å². The van der Waals surface area contributed by atoms with Gasteiger partial charge in [0.2, 0.25) is 5.91 Å². The van der Waals surface area contributed by atoms with Crippen molar-refractivity contribution in [1.29, 1.82) is 0 Å². The van der Waals surface area contributed by atoms with Crippen LogP contribution in [0.2, 0.25) is 0 Å². The van der Waals surface area contributed by atoms with E-state index in [4.69, 9.17) is 5.73 Å². The zero-order chi connectivity index (χ0) is 19.7. The smallest absolute Gasteiger partial charge is 0.251 e. The molecular weight excluding hydrogens is 340 g/mol. The van der Waals surface area contributed by atoms with Crippen molar-refractivity contribution in [2.75, 3.05) is 13.1 Å². The zero-order valence-corrected chi connectivity index (χ0v) is 17.0. The Balaban J connectivity index is 1.81. The first-order chi connectivity index (χ1) is 12.8. The van der Waals surface area contributed by atoms with E-state index in [2.05, 4.69) is 15.1 Å². The highest BCUT2D eigenvalue weighted by atomic mass is 16.2. The van der Waals surface area contributed by atoms with Gasteiger partial charge in [-0.1, -0.05) is 0 Å². The molecule has 0 spiro atoms. The predicted molar refractivity (Wildman–Crippen MR) is 105 cm³/mol. The molecule has 1 aliphatic rings. The number of aryl methyl sites for hydroxylation is 3. The van der Waals surface area contributed by atoms with Gasteiger partial charge < -0.3 is 10.6 Å². The Morgan fingerprint density at radius 1 is 1.26 bits per heavy atom. The SMILES string of the molecule is Cc1cc(C)nc(-n2nc(C)c(CC(=O)N3CCCC(C(C)N)C3)c2C)n1. The van der Waals surface area contributed by atoms with E-state index in [0.29, 0.717) is 18.3 Å². The Labute approximate surface area is 161 Å². The number of amides is 1. The fraction of sp³-hybridized carbons (Fsp3) is 0.600. The first kappa shape index (κ1) is 19.5. The van der Waals surface area contributed by atoms with Crippen LogP contribution in [0.4, 0.5) is 0 Å². The van der Waals surface area contributed by atoms with Gasteiger partial charge in [-0.2, -0.15) is 5.10 Å². The lowest BCUT2D eigenvalue weighted by atomic mass is 9.92. The molecule has 7 nitrogen and oxygen atoms in total. The topological polar surface area (TPSA) is 89.9 Å². The molecule has 1 fully saturated rings. The molecule has 3 rings (SSSR count). The Morgan fingerprint density at radius 3 is 2.56 bits per heavy atom. The molecule has 0 bridgehead atoms. The number of hydrogen-bond donors (Lipinski definition) is 1. The lowest BCUT2D eigenvalue weighted by Gasteiger charge is -2.34. The summed E-state index contributed by atoms with van der Waals surface area (Å²) in [6.45, 7) is 11.4. The molecule has 0 aliphatic carbocycles. The normalized spacial score (nSPS) is 18.6. The maximum absolute atomic E-state index is 12.9. The number of hydrogen-bond acceptors (Lipinski definition) is 5. The van der Waals surface area contributed by atoms with Gasteiger partial charge in [0.25, 0.3) is 5.95 Å². The quantitative estimate of drug-likeness (QED) is 0.889. The summed E-state index contributed by atoms with van der Waals surface area (Å²) in [4.78, 5) is 23.9. The number of nitrogens with two attached hydrogens (primary N) is 1. The van der Waals surface area contributed by atoms with Crippen molar-refractivity contribution in [3.8, 4) is 5.95 Å². The van der Waals surface area contributed by atoms with E-state index in [-0.39, 0.29) is 11.9 Å². The summed E-state index contributed by atoms with van der Waals surface area (Å²) in [7, 11) is 0. The van der Waals surface area contributed by atoms with Crippen LogP contribution in [0.5, 0.6) is 0 Å². The van der Waals surface area contributed by atoms with E-state index in [1.807, 2.05) is 45.6 Å². The Kier molecular flexibility index (Phi) is 5.60. The Bertz CT molecular complexity index is 821. The van der Waals surface area contributed by atoms with Gasteiger partial charge in [0.1, 0.15) is 0 Å². The van der Waals surface area contributed by atoms with Crippen LogP contribution < -0.4 is 5.73 Å². The van der Waals surface area contributed by atoms with Crippen LogP contribution in [0.25, 0.3) is 5.95 Å². The molecule has 0 radical (unpaired) electrons. The summed E-state index contributed by atoms with van der Waals surface area (Å²) in [5.74, 6) is 1.09. The number of aromatic nitrogens is 4. The van der Waals surface area contributed by atoms with Crippen LogP contribution in [0.3, 0.4) is 0 Å². The van der Waals surface area contributed by atoms with Gasteiger partial charge in [-0.25, -0.2) is 14.6 Å². The van der Waals surface area contributed by atoms with E-state index in [9.17, 15) is 4.79 Å². The van der Waals surface area contributed by atoms with Crippen molar-refractivity contribution >= 4 is 5.91 Å². The number of nitrogens with zero attached hydrogens (tertiary/aromatic N) is 5. The van der Waals surface area contributed by atoms with Crippen LogP contribution in [-0.4, -0.2) is 49.7 Å². The van der Waals surface area contributed by atoms with Crippen molar-refractivity contribution in [3.63, 3.8) is 0 Å². The average Bonchev–Trinajstić information content (AvgIpc) is 2.89. The second-order valence-electron chi connectivity index (χ2n) is 7.79. The predicted octanol–water partition coefficient (Wildman–Crippen LogP) is 2.02. The first-order valence-electron chi connectivity index (χ1n) is 9.67. The van der Waals surface area contributed by atoms with Gasteiger partial charge in [0.15, 0.2) is 0 Å². The molecule has 1 saturated heterocycles. The Morgan fingerprint density at radius 2 is 1.93 bits per heavy atom. The fourth-order valence-corrected chi connectivity index (χ4v) is 3.86.